The summed E-state index contributed by atoms with van der Waals surface area (Å²) in [6, 6.07) is 3.50. The Morgan fingerprint density at radius 1 is 0.778 bits per heavy atom. The fraction of sp³-hybridized carbons (Fsp3) is 0.222. The van der Waals surface area contributed by atoms with Crippen LogP contribution in [0.25, 0.3) is 31.9 Å². The number of aliphatic hydroxyl groups is 2. The highest BCUT2D eigenvalue weighted by Gasteiger charge is 2.26. The molecule has 0 saturated heterocycles. The van der Waals surface area contributed by atoms with Crippen LogP contribution in [0.1, 0.15) is 11.1 Å². The lowest BCUT2D eigenvalue weighted by molar-refractivity contribution is 0.299. The van der Waals surface area contributed by atoms with Crippen LogP contribution < -0.4 is 0 Å². The van der Waals surface area contributed by atoms with Crippen molar-refractivity contribution in [2.45, 2.75) is 12.8 Å². The van der Waals surface area contributed by atoms with Crippen molar-refractivity contribution < 1.29 is 19.0 Å². The second-order valence-electron chi connectivity index (χ2n) is 5.93. The monoisotopic (exact) mass is 424 g/mol. The molecule has 3 heterocycles. The van der Waals surface area contributed by atoms with E-state index in [1.165, 1.54) is 22.7 Å². The van der Waals surface area contributed by atoms with E-state index >= 15 is 8.78 Å². The normalized spacial score (nSPS) is 11.6. The summed E-state index contributed by atoms with van der Waals surface area (Å²) in [4.78, 5) is 1.12. The van der Waals surface area contributed by atoms with E-state index in [4.69, 9.17) is 10.2 Å². The molecule has 0 saturated carbocycles. The molecular formula is C18H14F2N2O2S3. The maximum atomic E-state index is 15.1. The summed E-state index contributed by atoms with van der Waals surface area (Å²) >= 11 is 3.50. The fourth-order valence-electron chi connectivity index (χ4n) is 2.93. The molecule has 9 heteroatoms. The van der Waals surface area contributed by atoms with E-state index in [1.54, 1.807) is 12.1 Å². The minimum atomic E-state index is -0.945. The van der Waals surface area contributed by atoms with Crippen LogP contribution in [0.4, 0.5) is 8.78 Å². The molecule has 0 bridgehead atoms. The summed E-state index contributed by atoms with van der Waals surface area (Å²) in [5, 5.41) is 21.8. The van der Waals surface area contributed by atoms with Gasteiger partial charge in [-0.05, 0) is 46.9 Å². The third kappa shape index (κ3) is 3.30. The highest BCUT2D eigenvalue weighted by atomic mass is 32.1. The molecule has 0 unspecified atom stereocenters. The minimum Gasteiger partial charge on any atom is -0.396 e. The predicted octanol–water partition coefficient (Wildman–Crippen LogP) is 4.50. The van der Waals surface area contributed by atoms with E-state index in [2.05, 4.69) is 8.75 Å². The molecule has 2 N–H and O–H groups in total. The Morgan fingerprint density at radius 3 is 1.63 bits per heavy atom. The Labute approximate surface area is 165 Å². The first-order chi connectivity index (χ1) is 13.1. The number of hydrogen-bond acceptors (Lipinski definition) is 7. The quantitative estimate of drug-likeness (QED) is 0.478. The van der Waals surface area contributed by atoms with Crippen molar-refractivity contribution in [3.8, 4) is 20.9 Å². The lowest BCUT2D eigenvalue weighted by Gasteiger charge is -2.08. The molecule has 0 amide bonds. The van der Waals surface area contributed by atoms with Crippen LogP contribution in [0, 0.1) is 11.6 Å². The van der Waals surface area contributed by atoms with Gasteiger partial charge >= 0.3 is 0 Å². The fourth-order valence-corrected chi connectivity index (χ4v) is 5.46. The van der Waals surface area contributed by atoms with Crippen molar-refractivity contribution in [2.24, 2.45) is 0 Å². The van der Waals surface area contributed by atoms with Gasteiger partial charge in [0.1, 0.15) is 11.0 Å². The van der Waals surface area contributed by atoms with Gasteiger partial charge in [-0.15, -0.1) is 22.7 Å². The molecule has 27 heavy (non-hydrogen) atoms. The standard InChI is InChI=1S/C18H14F2N2O2S3/c19-15-13(11-5-9(1-3-23)7-25-11)17-18(22-27-21-17)14(16(15)20)12-6-10(2-4-24)8-26-12/h5-8,23-24H,1-4H2. The van der Waals surface area contributed by atoms with Gasteiger partial charge in [0.2, 0.25) is 0 Å². The van der Waals surface area contributed by atoms with Gasteiger partial charge in [-0.3, -0.25) is 0 Å². The highest BCUT2D eigenvalue weighted by molar-refractivity contribution is 7.14. The molecule has 0 aliphatic heterocycles. The van der Waals surface area contributed by atoms with Crippen molar-refractivity contribution >= 4 is 45.4 Å². The summed E-state index contributed by atoms with van der Waals surface area (Å²) in [5.41, 5.74) is 2.63. The number of thiophene rings is 2. The van der Waals surface area contributed by atoms with Crippen LogP contribution in [0.5, 0.6) is 0 Å². The SMILES string of the molecule is OCCc1csc(-c2c(F)c(F)c(-c3cc(CCO)cs3)c3nsnc23)c1. The topological polar surface area (TPSA) is 66.2 Å². The summed E-state index contributed by atoms with van der Waals surface area (Å²) < 4.78 is 38.6. The number of fused-ring (bicyclic) bond motifs is 1. The molecule has 0 radical (unpaired) electrons. The van der Waals surface area contributed by atoms with E-state index < -0.39 is 11.6 Å². The molecule has 1 aromatic carbocycles. The summed E-state index contributed by atoms with van der Waals surface area (Å²) in [5.74, 6) is -1.89. The van der Waals surface area contributed by atoms with Gasteiger partial charge in [-0.25, -0.2) is 8.78 Å². The Bertz CT molecular complexity index is 1020. The predicted molar refractivity (Wildman–Crippen MR) is 106 cm³/mol. The van der Waals surface area contributed by atoms with Gasteiger partial charge in [0.25, 0.3) is 0 Å². The number of halogens is 2. The Morgan fingerprint density at radius 2 is 1.22 bits per heavy atom. The number of aromatic nitrogens is 2. The smallest absolute Gasteiger partial charge is 0.170 e. The largest absolute Gasteiger partial charge is 0.396 e. The molecule has 0 spiro atoms. The molecule has 140 valence electrons. The number of rotatable bonds is 6. The Hall–Kier alpha value is -1.78. The van der Waals surface area contributed by atoms with Gasteiger partial charge < -0.3 is 10.2 Å². The van der Waals surface area contributed by atoms with Crippen molar-refractivity contribution in [1.82, 2.24) is 8.75 Å². The van der Waals surface area contributed by atoms with Gasteiger partial charge in [-0.2, -0.15) is 8.75 Å². The highest BCUT2D eigenvalue weighted by Crippen LogP contribution is 2.42. The van der Waals surface area contributed by atoms with Crippen LogP contribution in [0.3, 0.4) is 0 Å². The summed E-state index contributed by atoms with van der Waals surface area (Å²) in [6.45, 7) is -0.0116. The average Bonchev–Trinajstić information content (AvgIpc) is 3.39. The first kappa shape index (κ1) is 18.6. The molecule has 0 fully saturated rings. The van der Waals surface area contributed by atoms with Crippen LogP contribution in [-0.4, -0.2) is 32.2 Å². The van der Waals surface area contributed by atoms with E-state index in [1.807, 2.05) is 10.8 Å². The van der Waals surface area contributed by atoms with Crippen molar-refractivity contribution in [3.05, 3.63) is 45.7 Å². The Balaban J connectivity index is 1.90. The molecule has 4 nitrogen and oxygen atoms in total. The van der Waals surface area contributed by atoms with E-state index in [9.17, 15) is 0 Å². The summed E-state index contributed by atoms with van der Waals surface area (Å²) in [7, 11) is 0. The zero-order valence-corrected chi connectivity index (χ0v) is 16.4. The van der Waals surface area contributed by atoms with E-state index in [0.717, 1.165) is 22.9 Å². The average molecular weight is 425 g/mol. The van der Waals surface area contributed by atoms with Gasteiger partial charge in [0.15, 0.2) is 11.6 Å². The van der Waals surface area contributed by atoms with Crippen LogP contribution in [-0.2, 0) is 12.8 Å². The zero-order chi connectivity index (χ0) is 19.0. The van der Waals surface area contributed by atoms with E-state index in [-0.39, 0.29) is 24.3 Å². The van der Waals surface area contributed by atoms with Gasteiger partial charge in [0.05, 0.1) is 22.9 Å². The number of nitrogens with zero attached hydrogens (tertiary/aromatic N) is 2. The molecule has 3 aromatic heterocycles. The zero-order valence-electron chi connectivity index (χ0n) is 13.9. The second kappa shape index (κ2) is 7.69. The Kier molecular flexibility index (Phi) is 5.29. The maximum Gasteiger partial charge on any atom is 0.170 e. The maximum absolute atomic E-state index is 15.1. The molecule has 0 aliphatic rings. The van der Waals surface area contributed by atoms with Crippen molar-refractivity contribution in [3.63, 3.8) is 0 Å². The molecular weight excluding hydrogens is 410 g/mol. The number of aliphatic hydroxyl groups excluding tert-OH is 2. The first-order valence-corrected chi connectivity index (χ1v) is 10.6. The number of benzene rings is 1. The number of hydrogen-bond donors (Lipinski definition) is 2. The first-order valence-electron chi connectivity index (χ1n) is 8.14. The van der Waals surface area contributed by atoms with Crippen LogP contribution in [0.15, 0.2) is 22.9 Å². The van der Waals surface area contributed by atoms with Crippen LogP contribution >= 0.6 is 34.4 Å². The van der Waals surface area contributed by atoms with Gasteiger partial charge in [0, 0.05) is 23.0 Å². The van der Waals surface area contributed by atoms with Crippen LogP contribution in [0.2, 0.25) is 0 Å². The lowest BCUT2D eigenvalue weighted by atomic mass is 10.0. The third-order valence-electron chi connectivity index (χ3n) is 4.20. The van der Waals surface area contributed by atoms with Crippen molar-refractivity contribution in [1.29, 1.82) is 0 Å². The minimum absolute atomic E-state index is 0.00578. The second-order valence-corrected chi connectivity index (χ2v) is 8.28. The molecule has 0 atom stereocenters. The summed E-state index contributed by atoms with van der Waals surface area (Å²) in [6.07, 6.45) is 0.917. The lowest BCUT2D eigenvalue weighted by Crippen LogP contribution is -1.96. The third-order valence-corrected chi connectivity index (χ3v) is 6.72. The van der Waals surface area contributed by atoms with Crippen molar-refractivity contribution in [2.75, 3.05) is 13.2 Å². The van der Waals surface area contributed by atoms with E-state index in [0.29, 0.717) is 33.6 Å². The van der Waals surface area contributed by atoms with Gasteiger partial charge in [-0.1, -0.05) is 0 Å². The molecule has 4 aromatic rings. The molecule has 0 aliphatic carbocycles. The molecule has 4 rings (SSSR count).